The van der Waals surface area contributed by atoms with Gasteiger partial charge in [0.2, 0.25) is 17.7 Å². The van der Waals surface area contributed by atoms with E-state index in [0.29, 0.717) is 36.0 Å². The number of esters is 1. The second-order valence-electron chi connectivity index (χ2n) is 12.8. The van der Waals surface area contributed by atoms with Crippen molar-refractivity contribution in [3.63, 3.8) is 0 Å². The molecule has 0 aromatic heterocycles. The number of likely N-dealkylation sites (tertiary alicyclic amines) is 1. The van der Waals surface area contributed by atoms with Gasteiger partial charge in [-0.1, -0.05) is 85.6 Å². The van der Waals surface area contributed by atoms with E-state index in [1.807, 2.05) is 63.3 Å². The summed E-state index contributed by atoms with van der Waals surface area (Å²) in [6.45, 7) is 6.55. The Morgan fingerprint density at radius 3 is 2.56 bits per heavy atom. The van der Waals surface area contributed by atoms with Gasteiger partial charge >= 0.3 is 5.97 Å². The Labute approximate surface area is 273 Å². The van der Waals surface area contributed by atoms with Crippen LogP contribution in [0.4, 0.5) is 0 Å². The zero-order valence-electron chi connectivity index (χ0n) is 26.2. The van der Waals surface area contributed by atoms with Crippen LogP contribution in [0.5, 0.6) is 0 Å². The Balaban J connectivity index is 1.61. The summed E-state index contributed by atoms with van der Waals surface area (Å²) in [4.78, 5) is 59.4. The zero-order chi connectivity index (χ0) is 32.3. The molecular formula is C34H44BrN3O7. The highest BCUT2D eigenvalue weighted by atomic mass is 79.9. The molecule has 45 heavy (non-hydrogen) atoms. The van der Waals surface area contributed by atoms with Crippen molar-refractivity contribution in [3.05, 3.63) is 58.6 Å². The third-order valence-corrected chi connectivity index (χ3v) is 9.94. The maximum atomic E-state index is 14.7. The molecule has 1 aromatic rings. The number of fused-ring (bicyclic) bond motifs is 2. The summed E-state index contributed by atoms with van der Waals surface area (Å²) in [5.74, 6) is -3.42. The molecule has 2 saturated heterocycles. The summed E-state index contributed by atoms with van der Waals surface area (Å²) in [5, 5.41) is 13.5. The normalized spacial score (nSPS) is 32.0. The molecule has 2 N–H and O–H groups in total. The number of hydrogen-bond acceptors (Lipinski definition) is 7. The fraction of sp³-hybridized carbons (Fsp3) is 0.588. The first-order chi connectivity index (χ1) is 21.6. The summed E-state index contributed by atoms with van der Waals surface area (Å²) >= 11 is 3.59. The van der Waals surface area contributed by atoms with Crippen LogP contribution in [-0.2, 0) is 28.7 Å². The van der Waals surface area contributed by atoms with Gasteiger partial charge in [-0.2, -0.15) is 0 Å². The molecule has 1 spiro atoms. The van der Waals surface area contributed by atoms with Crippen molar-refractivity contribution in [2.24, 2.45) is 17.8 Å². The number of nitrogens with one attached hydrogen (secondary N) is 1. The lowest BCUT2D eigenvalue weighted by molar-refractivity contribution is -0.160. The third-order valence-electron chi connectivity index (χ3n) is 9.26. The zero-order valence-corrected chi connectivity index (χ0v) is 27.8. The number of aliphatic hydroxyl groups excluding tert-OH is 1. The lowest BCUT2D eigenvalue weighted by Crippen LogP contribution is -2.58. The lowest BCUT2D eigenvalue weighted by atomic mass is 9.74. The first-order valence-electron chi connectivity index (χ1n) is 16.1. The molecule has 1 aromatic carbocycles. The molecule has 0 radical (unpaired) electrons. The molecule has 5 bridgehead atoms. The number of unbranched alkanes of at least 4 members (excludes halogenated alkanes) is 1. The molecule has 0 saturated carbocycles. The number of hydrogen-bond donors (Lipinski definition) is 2. The molecule has 3 amide bonds. The number of nitrogens with zero attached hydrogens (tertiary/aromatic N) is 2. The van der Waals surface area contributed by atoms with Crippen LogP contribution in [0.25, 0.3) is 0 Å². The van der Waals surface area contributed by atoms with Crippen LogP contribution in [0.3, 0.4) is 0 Å². The van der Waals surface area contributed by atoms with Gasteiger partial charge in [-0.25, -0.2) is 0 Å². The standard InChI is InChI=1S/C34H44BrN3O7/c1-4-5-15-37-16-11-7-10-14-26(40)36-19-25(22-12-8-6-9-13-22)44-33(43)27-28-31(41)38(23(20-39)17-21(2)3)30(32(37)42)34(28)18-24(35)29(27)45-34/h6-9,11-13,18,21,23,25,27-30,39H,4-5,10,14-17,19-20H2,1-3H3,(H,36,40)/b11-7-/t23-,25+,27+,28-,29+,30+,34-/m1/s1. The van der Waals surface area contributed by atoms with E-state index >= 15 is 0 Å². The van der Waals surface area contributed by atoms with Crippen LogP contribution in [0.15, 0.2) is 53.0 Å². The van der Waals surface area contributed by atoms with E-state index in [4.69, 9.17) is 9.47 Å². The second kappa shape index (κ2) is 14.2. The number of rotatable bonds is 8. The second-order valence-corrected chi connectivity index (χ2v) is 13.7. The maximum absolute atomic E-state index is 14.7. The van der Waals surface area contributed by atoms with E-state index in [9.17, 15) is 24.3 Å². The molecule has 2 fully saturated rings. The minimum Gasteiger partial charge on any atom is -0.455 e. The van der Waals surface area contributed by atoms with Crippen molar-refractivity contribution < 1.29 is 33.8 Å². The first-order valence-corrected chi connectivity index (χ1v) is 16.9. The molecule has 5 rings (SSSR count). The Kier molecular flexibility index (Phi) is 10.5. The van der Waals surface area contributed by atoms with E-state index in [1.165, 1.54) is 4.90 Å². The third kappa shape index (κ3) is 6.49. The van der Waals surface area contributed by atoms with Crippen molar-refractivity contribution in [2.45, 2.75) is 82.8 Å². The summed E-state index contributed by atoms with van der Waals surface area (Å²) in [6, 6.07) is 7.44. The lowest BCUT2D eigenvalue weighted by Gasteiger charge is -2.39. The highest BCUT2D eigenvalue weighted by Gasteiger charge is 2.75. The fourth-order valence-electron chi connectivity index (χ4n) is 7.18. The molecule has 4 heterocycles. The minimum absolute atomic E-state index is 0.0658. The molecule has 10 nitrogen and oxygen atoms in total. The van der Waals surface area contributed by atoms with Gasteiger partial charge in [-0.3, -0.25) is 19.2 Å². The van der Waals surface area contributed by atoms with E-state index < -0.39 is 53.6 Å². The van der Waals surface area contributed by atoms with Crippen LogP contribution in [0.1, 0.15) is 64.5 Å². The quantitative estimate of drug-likeness (QED) is 0.316. The van der Waals surface area contributed by atoms with Gasteiger partial charge in [-0.05, 0) is 36.8 Å². The largest absolute Gasteiger partial charge is 0.455 e. The van der Waals surface area contributed by atoms with Crippen LogP contribution >= 0.6 is 15.9 Å². The number of carbonyl (C=O) groups excluding carboxylic acids is 4. The van der Waals surface area contributed by atoms with Gasteiger partial charge in [0.25, 0.3) is 0 Å². The van der Waals surface area contributed by atoms with Crippen LogP contribution < -0.4 is 5.32 Å². The summed E-state index contributed by atoms with van der Waals surface area (Å²) in [5.41, 5.74) is -0.710. The number of benzene rings is 1. The monoisotopic (exact) mass is 685 g/mol. The Hall–Kier alpha value is -3.02. The molecule has 7 atom stereocenters. The number of carbonyl (C=O) groups is 4. The van der Waals surface area contributed by atoms with Crippen LogP contribution in [-0.4, -0.2) is 88.6 Å². The van der Waals surface area contributed by atoms with Gasteiger partial charge in [0.05, 0.1) is 25.1 Å². The van der Waals surface area contributed by atoms with E-state index in [-0.39, 0.29) is 37.3 Å². The highest BCUT2D eigenvalue weighted by molar-refractivity contribution is 9.11. The number of amides is 3. The number of aliphatic hydroxyl groups is 1. The minimum atomic E-state index is -1.41. The van der Waals surface area contributed by atoms with Crippen LogP contribution in [0, 0.1) is 17.8 Å². The van der Waals surface area contributed by atoms with Crippen molar-refractivity contribution in [1.82, 2.24) is 15.1 Å². The van der Waals surface area contributed by atoms with Crippen molar-refractivity contribution >= 4 is 39.6 Å². The molecule has 4 aliphatic heterocycles. The Morgan fingerprint density at radius 1 is 1.11 bits per heavy atom. The molecule has 4 aliphatic rings. The maximum Gasteiger partial charge on any atom is 0.313 e. The topological polar surface area (TPSA) is 125 Å². The average molecular weight is 687 g/mol. The Bertz CT molecular complexity index is 1330. The fourth-order valence-corrected chi connectivity index (χ4v) is 7.91. The van der Waals surface area contributed by atoms with Crippen molar-refractivity contribution in [1.29, 1.82) is 0 Å². The predicted octanol–water partition coefficient (Wildman–Crippen LogP) is 3.65. The van der Waals surface area contributed by atoms with E-state index in [1.54, 1.807) is 11.0 Å². The van der Waals surface area contributed by atoms with Crippen molar-refractivity contribution in [3.8, 4) is 0 Å². The Morgan fingerprint density at radius 2 is 1.87 bits per heavy atom. The number of halogens is 1. The van der Waals surface area contributed by atoms with E-state index in [2.05, 4.69) is 21.2 Å². The number of ether oxygens (including phenoxy) is 2. The molecule has 0 unspecified atom stereocenters. The van der Waals surface area contributed by atoms with Gasteiger partial charge in [-0.15, -0.1) is 0 Å². The first kappa shape index (κ1) is 33.3. The highest BCUT2D eigenvalue weighted by Crippen LogP contribution is 2.59. The number of cyclic esters (lactones) is 1. The van der Waals surface area contributed by atoms with Crippen LogP contribution in [0.2, 0.25) is 0 Å². The van der Waals surface area contributed by atoms with Crippen molar-refractivity contribution in [2.75, 3.05) is 26.2 Å². The SMILES string of the molecule is CCCCN1C/C=C\CCC(=O)NC[C@@H](c2ccccc2)OC(=O)[C@@H]2[C@H]3O[C@@]4(C=C3Br)[C@H](C1=O)N([C@@H](CO)CC(C)C)C(=O)[C@@H]24. The smallest absolute Gasteiger partial charge is 0.313 e. The average Bonchev–Trinajstić information content (AvgIpc) is 3.62. The van der Waals surface area contributed by atoms with Gasteiger partial charge < -0.3 is 29.7 Å². The van der Waals surface area contributed by atoms with Gasteiger partial charge in [0.1, 0.15) is 29.8 Å². The van der Waals surface area contributed by atoms with Gasteiger partial charge in [0, 0.05) is 24.0 Å². The summed E-state index contributed by atoms with van der Waals surface area (Å²) < 4.78 is 13.3. The predicted molar refractivity (Wildman–Crippen MR) is 171 cm³/mol. The molecule has 244 valence electrons. The molecule has 11 heteroatoms. The summed E-state index contributed by atoms with van der Waals surface area (Å²) in [7, 11) is 0. The molecule has 0 aliphatic carbocycles. The van der Waals surface area contributed by atoms with Gasteiger partial charge in [0.15, 0.2) is 0 Å². The number of allylic oxidation sites excluding steroid dienone is 1. The van der Waals surface area contributed by atoms with E-state index in [0.717, 1.165) is 12.8 Å². The molecular weight excluding hydrogens is 642 g/mol. The summed E-state index contributed by atoms with van der Waals surface area (Å²) in [6.07, 6.45) is 6.76.